The van der Waals surface area contributed by atoms with Crippen LogP contribution in [0.25, 0.3) is 10.9 Å². The molecule has 1 aliphatic heterocycles. The van der Waals surface area contributed by atoms with Crippen LogP contribution in [0, 0.1) is 17.3 Å². The normalized spacial score (nSPS) is 18.6. The second kappa shape index (κ2) is 9.86. The zero-order valence-electron chi connectivity index (χ0n) is 18.2. The van der Waals surface area contributed by atoms with E-state index in [1.165, 1.54) is 0 Å². The third-order valence-corrected chi connectivity index (χ3v) is 5.85. The molecule has 30 heavy (non-hydrogen) atoms. The van der Waals surface area contributed by atoms with Gasteiger partial charge in [0.25, 0.3) is 5.56 Å². The van der Waals surface area contributed by atoms with Gasteiger partial charge in [0.05, 0.1) is 10.9 Å². The molecule has 0 fully saturated rings. The van der Waals surface area contributed by atoms with Gasteiger partial charge < -0.3 is 5.11 Å². The highest BCUT2D eigenvalue weighted by molar-refractivity contribution is 6.09. The second-order valence-electron chi connectivity index (χ2n) is 8.07. The number of nitrogens with zero attached hydrogens (tertiary/aromatic N) is 3. The number of hydrogen-bond acceptors (Lipinski definition) is 4. The van der Waals surface area contributed by atoms with Gasteiger partial charge in [0.1, 0.15) is 11.5 Å². The van der Waals surface area contributed by atoms with Gasteiger partial charge in [-0.25, -0.2) is 4.98 Å². The molecule has 158 valence electrons. The van der Waals surface area contributed by atoms with E-state index in [9.17, 15) is 9.90 Å². The molecule has 0 saturated heterocycles. The SMILES string of the molecule is CC/C=C\C(C#Cc1ccc2c(=O)n3c(nc2c1)CC(CCO)(CCCC)C3)=NC. The fraction of sp³-hybridized carbons (Fsp3) is 0.480. The first-order valence-electron chi connectivity index (χ1n) is 10.9. The Hall–Kier alpha value is -2.71. The van der Waals surface area contributed by atoms with Crippen LogP contribution in [0.5, 0.6) is 0 Å². The molecule has 1 aliphatic rings. The Morgan fingerprint density at radius 3 is 2.90 bits per heavy atom. The molecule has 3 rings (SSSR count). The molecule has 5 heteroatoms. The molecular formula is C25H31N3O2. The number of aromatic nitrogens is 2. The van der Waals surface area contributed by atoms with Crippen molar-refractivity contribution in [2.45, 2.75) is 58.9 Å². The van der Waals surface area contributed by atoms with Crippen LogP contribution in [0.15, 0.2) is 40.1 Å². The Morgan fingerprint density at radius 2 is 2.20 bits per heavy atom. The van der Waals surface area contributed by atoms with Crippen LogP contribution in [0.1, 0.15) is 57.3 Å². The van der Waals surface area contributed by atoms with Crippen LogP contribution >= 0.6 is 0 Å². The van der Waals surface area contributed by atoms with E-state index < -0.39 is 0 Å². The first-order chi connectivity index (χ1) is 14.6. The molecule has 1 atom stereocenters. The Morgan fingerprint density at radius 1 is 1.37 bits per heavy atom. The first kappa shape index (κ1) is 22.0. The van der Waals surface area contributed by atoms with Crippen LogP contribution in [-0.4, -0.2) is 34.0 Å². The van der Waals surface area contributed by atoms with Crippen molar-refractivity contribution in [3.8, 4) is 11.8 Å². The molecule has 0 spiro atoms. The topological polar surface area (TPSA) is 67.5 Å². The zero-order chi connectivity index (χ0) is 21.6. The average Bonchev–Trinajstić information content (AvgIpc) is 3.11. The number of allylic oxidation sites excluding steroid dienone is 2. The Labute approximate surface area is 178 Å². The second-order valence-corrected chi connectivity index (χ2v) is 8.07. The maximum atomic E-state index is 13.1. The number of aliphatic hydroxyl groups is 1. The van der Waals surface area contributed by atoms with E-state index in [1.54, 1.807) is 7.05 Å². The van der Waals surface area contributed by atoms with E-state index in [2.05, 4.69) is 30.7 Å². The van der Waals surface area contributed by atoms with Gasteiger partial charge in [-0.1, -0.05) is 38.7 Å². The van der Waals surface area contributed by atoms with E-state index in [1.807, 2.05) is 34.9 Å². The van der Waals surface area contributed by atoms with E-state index >= 15 is 0 Å². The summed E-state index contributed by atoms with van der Waals surface area (Å²) in [7, 11) is 1.73. The Balaban J connectivity index is 1.96. The van der Waals surface area contributed by atoms with Gasteiger partial charge in [-0.3, -0.25) is 14.4 Å². The Bertz CT molecular complexity index is 1090. The fourth-order valence-corrected chi connectivity index (χ4v) is 4.16. The smallest absolute Gasteiger partial charge is 0.261 e. The number of rotatable bonds is 7. The number of unbranched alkanes of at least 4 members (excludes halogenated alkanes) is 1. The molecule has 0 amide bonds. The van der Waals surface area contributed by atoms with Crippen LogP contribution < -0.4 is 5.56 Å². The molecule has 0 aliphatic carbocycles. The summed E-state index contributed by atoms with van der Waals surface area (Å²) >= 11 is 0. The molecule has 2 aromatic rings. The lowest BCUT2D eigenvalue weighted by molar-refractivity contribution is 0.162. The number of benzene rings is 1. The largest absolute Gasteiger partial charge is 0.396 e. The number of fused-ring (bicyclic) bond motifs is 2. The summed E-state index contributed by atoms with van der Waals surface area (Å²) in [6.07, 6.45) is 9.53. The minimum atomic E-state index is -0.0674. The lowest BCUT2D eigenvalue weighted by Crippen LogP contribution is -2.27. The van der Waals surface area contributed by atoms with Crippen molar-refractivity contribution in [3.63, 3.8) is 0 Å². The van der Waals surface area contributed by atoms with Crippen molar-refractivity contribution in [3.05, 3.63) is 52.1 Å². The zero-order valence-corrected chi connectivity index (χ0v) is 18.2. The van der Waals surface area contributed by atoms with Gasteiger partial charge in [-0.15, -0.1) is 0 Å². The average molecular weight is 406 g/mol. The molecule has 5 nitrogen and oxygen atoms in total. The van der Waals surface area contributed by atoms with Gasteiger partial charge >= 0.3 is 0 Å². The summed E-state index contributed by atoms with van der Waals surface area (Å²) in [4.78, 5) is 22.1. The minimum absolute atomic E-state index is 0.00695. The number of aliphatic imine (C=N–C) groups is 1. The summed E-state index contributed by atoms with van der Waals surface area (Å²) in [5.74, 6) is 7.04. The van der Waals surface area contributed by atoms with Crippen molar-refractivity contribution in [2.24, 2.45) is 10.4 Å². The first-order valence-corrected chi connectivity index (χ1v) is 10.9. The highest BCUT2D eigenvalue weighted by Crippen LogP contribution is 2.39. The predicted octanol–water partition coefficient (Wildman–Crippen LogP) is 3.90. The Kier molecular flexibility index (Phi) is 7.23. The highest BCUT2D eigenvalue weighted by Gasteiger charge is 2.38. The van der Waals surface area contributed by atoms with Crippen LogP contribution in [-0.2, 0) is 13.0 Å². The number of aliphatic hydroxyl groups excluding tert-OH is 1. The minimum Gasteiger partial charge on any atom is -0.396 e. The van der Waals surface area contributed by atoms with Crippen molar-refractivity contribution in [1.29, 1.82) is 0 Å². The lowest BCUT2D eigenvalue weighted by Gasteiger charge is -2.27. The van der Waals surface area contributed by atoms with Gasteiger partial charge in [0.2, 0.25) is 0 Å². The monoisotopic (exact) mass is 405 g/mol. The number of hydrogen-bond donors (Lipinski definition) is 1. The molecule has 1 aromatic carbocycles. The summed E-state index contributed by atoms with van der Waals surface area (Å²) in [6, 6.07) is 5.58. The van der Waals surface area contributed by atoms with Crippen LogP contribution in [0.2, 0.25) is 0 Å². The molecule has 2 heterocycles. The molecule has 1 N–H and O–H groups in total. The fourth-order valence-electron chi connectivity index (χ4n) is 4.16. The summed E-state index contributed by atoms with van der Waals surface area (Å²) in [6.45, 7) is 5.02. The van der Waals surface area contributed by atoms with E-state index in [0.29, 0.717) is 23.9 Å². The molecule has 0 radical (unpaired) electrons. The summed E-state index contributed by atoms with van der Waals surface area (Å²) < 4.78 is 1.82. The van der Waals surface area contributed by atoms with Crippen molar-refractivity contribution >= 4 is 16.6 Å². The van der Waals surface area contributed by atoms with E-state index in [-0.39, 0.29) is 17.6 Å². The van der Waals surface area contributed by atoms with E-state index in [4.69, 9.17) is 4.98 Å². The van der Waals surface area contributed by atoms with Crippen molar-refractivity contribution in [2.75, 3.05) is 13.7 Å². The van der Waals surface area contributed by atoms with Crippen LogP contribution in [0.4, 0.5) is 0 Å². The van der Waals surface area contributed by atoms with Gasteiger partial charge in [-0.2, -0.15) is 0 Å². The maximum absolute atomic E-state index is 13.1. The predicted molar refractivity (Wildman–Crippen MR) is 123 cm³/mol. The van der Waals surface area contributed by atoms with Gasteiger partial charge in [0, 0.05) is 32.2 Å². The molecule has 0 bridgehead atoms. The molecule has 0 saturated carbocycles. The summed E-state index contributed by atoms with van der Waals surface area (Å²) in [5.41, 5.74) is 2.17. The van der Waals surface area contributed by atoms with E-state index in [0.717, 1.165) is 49.2 Å². The molecule has 1 unspecified atom stereocenters. The molecular weight excluding hydrogens is 374 g/mol. The van der Waals surface area contributed by atoms with Gasteiger partial charge in [-0.05, 0) is 54.9 Å². The molecule has 1 aromatic heterocycles. The van der Waals surface area contributed by atoms with Gasteiger partial charge in [0.15, 0.2) is 0 Å². The third-order valence-electron chi connectivity index (χ3n) is 5.85. The van der Waals surface area contributed by atoms with Crippen LogP contribution in [0.3, 0.4) is 0 Å². The third kappa shape index (κ3) is 4.71. The maximum Gasteiger partial charge on any atom is 0.261 e. The standard InChI is InChI=1S/C25H31N3O2/c1-4-6-8-20(26-3)11-9-19-10-12-21-22(16-19)27-23-17-25(14-15-29,13-7-5-2)18-28(23)24(21)30/h6,8,10,12,16,29H,4-5,7,13-15,17-18H2,1-3H3/b8-6-,26-20?. The van der Waals surface area contributed by atoms with Crippen molar-refractivity contribution in [1.82, 2.24) is 9.55 Å². The quantitative estimate of drug-likeness (QED) is 0.561. The highest BCUT2D eigenvalue weighted by atomic mass is 16.3. The van der Waals surface area contributed by atoms with Crippen molar-refractivity contribution < 1.29 is 5.11 Å². The lowest BCUT2D eigenvalue weighted by atomic mass is 9.78. The summed E-state index contributed by atoms with van der Waals surface area (Å²) in [5, 5.41) is 10.2.